The summed E-state index contributed by atoms with van der Waals surface area (Å²) in [5.74, 6) is 0.191. The molecule has 0 radical (unpaired) electrons. The molecule has 3 nitrogen and oxygen atoms in total. The molecular weight excluding hydrogens is 310 g/mol. The summed E-state index contributed by atoms with van der Waals surface area (Å²) < 4.78 is 28.8. The molecule has 0 amide bonds. The zero-order valence-electron chi connectivity index (χ0n) is 14.6. The molecule has 1 heterocycles. The Morgan fingerprint density at radius 2 is 1.79 bits per heavy atom. The second-order valence-corrected chi connectivity index (χ2v) is 6.21. The molecule has 0 spiro atoms. The maximum atomic E-state index is 12.2. The molecule has 0 bridgehead atoms. The predicted octanol–water partition coefficient (Wildman–Crippen LogP) is 5.59. The quantitative estimate of drug-likeness (QED) is 0.517. The Morgan fingerprint density at radius 3 is 2.42 bits per heavy atom. The van der Waals surface area contributed by atoms with E-state index in [1.54, 1.807) is 12.1 Å². The van der Waals surface area contributed by atoms with Crippen molar-refractivity contribution in [1.29, 1.82) is 0 Å². The molecule has 24 heavy (non-hydrogen) atoms. The molecule has 1 aliphatic rings. The van der Waals surface area contributed by atoms with Crippen molar-refractivity contribution in [3.63, 3.8) is 0 Å². The first-order chi connectivity index (χ1) is 11.6. The van der Waals surface area contributed by atoms with Crippen molar-refractivity contribution < 1.29 is 13.5 Å². The van der Waals surface area contributed by atoms with Gasteiger partial charge < -0.3 is 14.5 Å². The minimum atomic E-state index is -2.78. The van der Waals surface area contributed by atoms with Crippen molar-refractivity contribution in [3.05, 3.63) is 36.7 Å². The molecular formula is C19H28F2N2O. The van der Waals surface area contributed by atoms with Crippen molar-refractivity contribution in [2.45, 2.75) is 65.0 Å². The lowest BCUT2D eigenvalue weighted by Gasteiger charge is -2.29. The first-order valence-electron chi connectivity index (χ1n) is 8.89. The average Bonchev–Trinajstić information content (AvgIpc) is 3.05. The number of alkyl halides is 2. The second-order valence-electron chi connectivity index (χ2n) is 6.21. The third-order valence-corrected chi connectivity index (χ3v) is 4.48. The fourth-order valence-electron chi connectivity index (χ4n) is 3.07. The summed E-state index contributed by atoms with van der Waals surface area (Å²) in [5.41, 5.74) is 0.983. The molecule has 0 aromatic heterocycles. The van der Waals surface area contributed by atoms with Crippen LogP contribution in [0.5, 0.6) is 5.75 Å². The number of hydrogen-bond acceptors (Lipinski definition) is 3. The zero-order chi connectivity index (χ0) is 17.4. The van der Waals surface area contributed by atoms with Crippen LogP contribution in [0.25, 0.3) is 0 Å². The zero-order valence-corrected chi connectivity index (χ0v) is 14.6. The minimum Gasteiger partial charge on any atom is -0.435 e. The van der Waals surface area contributed by atoms with E-state index in [0.29, 0.717) is 6.04 Å². The summed E-state index contributed by atoms with van der Waals surface area (Å²) in [4.78, 5) is 4.50. The normalized spacial score (nSPS) is 15.4. The molecule has 0 saturated heterocycles. The van der Waals surface area contributed by atoms with E-state index in [1.165, 1.54) is 32.1 Å². The lowest BCUT2D eigenvalue weighted by molar-refractivity contribution is -0.0498. The highest BCUT2D eigenvalue weighted by Gasteiger charge is 2.20. The molecule has 1 aromatic rings. The van der Waals surface area contributed by atoms with Crippen LogP contribution in [0.3, 0.4) is 0 Å². The van der Waals surface area contributed by atoms with E-state index in [2.05, 4.69) is 40.8 Å². The lowest BCUT2D eigenvalue weighted by atomic mass is 10.0. The van der Waals surface area contributed by atoms with Gasteiger partial charge in [-0.05, 0) is 37.1 Å². The van der Waals surface area contributed by atoms with Gasteiger partial charge >= 0.3 is 6.61 Å². The predicted molar refractivity (Wildman–Crippen MR) is 94.2 cm³/mol. The number of unbranched alkanes of at least 4 members (excludes halogenated alkanes) is 3. The Morgan fingerprint density at radius 1 is 1.04 bits per heavy atom. The second kappa shape index (κ2) is 9.50. The van der Waals surface area contributed by atoms with Crippen molar-refractivity contribution in [2.24, 2.45) is 0 Å². The molecule has 0 N–H and O–H groups in total. The SMILES string of the molecule is CCCCCCC(CC)N1C=CN(c2ccc(OC(F)F)cc2)C1. The van der Waals surface area contributed by atoms with Gasteiger partial charge in [-0.15, -0.1) is 0 Å². The highest BCUT2D eigenvalue weighted by Crippen LogP contribution is 2.26. The topological polar surface area (TPSA) is 15.7 Å². The Kier molecular flexibility index (Phi) is 7.35. The van der Waals surface area contributed by atoms with E-state index in [1.807, 2.05) is 12.1 Å². The molecule has 1 aromatic carbocycles. The molecule has 134 valence electrons. The van der Waals surface area contributed by atoms with Gasteiger partial charge in [0, 0.05) is 24.1 Å². The Labute approximate surface area is 143 Å². The highest BCUT2D eigenvalue weighted by atomic mass is 19.3. The van der Waals surface area contributed by atoms with Crippen molar-refractivity contribution in [2.75, 3.05) is 11.6 Å². The minimum absolute atomic E-state index is 0.191. The maximum Gasteiger partial charge on any atom is 0.387 e. The van der Waals surface area contributed by atoms with Crippen LogP contribution in [0.15, 0.2) is 36.7 Å². The molecule has 5 heteroatoms. The van der Waals surface area contributed by atoms with Gasteiger partial charge in [0.25, 0.3) is 0 Å². The lowest BCUT2D eigenvalue weighted by Crippen LogP contribution is -2.33. The van der Waals surface area contributed by atoms with E-state index >= 15 is 0 Å². The monoisotopic (exact) mass is 338 g/mol. The van der Waals surface area contributed by atoms with Crippen LogP contribution in [-0.4, -0.2) is 24.2 Å². The van der Waals surface area contributed by atoms with Gasteiger partial charge in [-0.3, -0.25) is 0 Å². The van der Waals surface area contributed by atoms with E-state index in [0.717, 1.165) is 18.8 Å². The summed E-state index contributed by atoms with van der Waals surface area (Å²) in [6.07, 6.45) is 11.7. The number of halogens is 2. The summed E-state index contributed by atoms with van der Waals surface area (Å²) in [7, 11) is 0. The standard InChI is InChI=1S/C19H28F2N2O/c1-3-5-6-7-8-16(4-2)22-13-14-23(15-22)17-9-11-18(12-10-17)24-19(20)21/h9-14,16,19H,3-8,15H2,1-2H3. The van der Waals surface area contributed by atoms with Crippen molar-refractivity contribution in [3.8, 4) is 5.75 Å². The number of anilines is 1. The van der Waals surface area contributed by atoms with Gasteiger partial charge in [0.1, 0.15) is 5.75 Å². The summed E-state index contributed by atoms with van der Waals surface area (Å²) >= 11 is 0. The molecule has 0 aliphatic carbocycles. The van der Waals surface area contributed by atoms with E-state index in [9.17, 15) is 8.78 Å². The van der Waals surface area contributed by atoms with Gasteiger partial charge in [-0.1, -0.05) is 39.5 Å². The van der Waals surface area contributed by atoms with Crippen LogP contribution >= 0.6 is 0 Å². The van der Waals surface area contributed by atoms with E-state index in [-0.39, 0.29) is 5.75 Å². The molecule has 1 unspecified atom stereocenters. The van der Waals surface area contributed by atoms with Gasteiger partial charge in [0.2, 0.25) is 0 Å². The number of rotatable bonds is 10. The van der Waals surface area contributed by atoms with Crippen molar-refractivity contribution >= 4 is 5.69 Å². The van der Waals surface area contributed by atoms with Crippen LogP contribution in [0.4, 0.5) is 14.5 Å². The number of hydrogen-bond donors (Lipinski definition) is 0. The summed E-state index contributed by atoms with van der Waals surface area (Å²) in [5, 5.41) is 0. The van der Waals surface area contributed by atoms with Crippen LogP contribution < -0.4 is 9.64 Å². The van der Waals surface area contributed by atoms with Gasteiger partial charge in [-0.25, -0.2) is 0 Å². The van der Waals surface area contributed by atoms with Gasteiger partial charge in [-0.2, -0.15) is 8.78 Å². The third kappa shape index (κ3) is 5.39. The van der Waals surface area contributed by atoms with Crippen LogP contribution in [0.1, 0.15) is 52.4 Å². The van der Waals surface area contributed by atoms with Crippen LogP contribution in [0, 0.1) is 0 Å². The van der Waals surface area contributed by atoms with Crippen LogP contribution in [0.2, 0.25) is 0 Å². The van der Waals surface area contributed by atoms with Crippen LogP contribution in [-0.2, 0) is 0 Å². The Balaban J connectivity index is 1.86. The fourth-order valence-corrected chi connectivity index (χ4v) is 3.07. The average molecular weight is 338 g/mol. The highest BCUT2D eigenvalue weighted by molar-refractivity contribution is 5.52. The Bertz CT molecular complexity index is 505. The Hall–Kier alpha value is -1.78. The first-order valence-corrected chi connectivity index (χ1v) is 8.89. The van der Waals surface area contributed by atoms with Crippen molar-refractivity contribution in [1.82, 2.24) is 4.90 Å². The largest absolute Gasteiger partial charge is 0.435 e. The molecule has 2 rings (SSSR count). The van der Waals surface area contributed by atoms with Gasteiger partial charge in [0.15, 0.2) is 0 Å². The van der Waals surface area contributed by atoms with E-state index < -0.39 is 6.61 Å². The third-order valence-electron chi connectivity index (χ3n) is 4.48. The molecule has 1 aliphatic heterocycles. The molecule has 0 fully saturated rings. The number of benzene rings is 1. The maximum absolute atomic E-state index is 12.2. The summed E-state index contributed by atoms with van der Waals surface area (Å²) in [6, 6.07) is 7.35. The van der Waals surface area contributed by atoms with Gasteiger partial charge in [0.05, 0.1) is 6.67 Å². The number of ether oxygens (including phenoxy) is 1. The summed E-state index contributed by atoms with van der Waals surface area (Å²) in [6.45, 7) is 2.49. The number of nitrogens with zero attached hydrogens (tertiary/aromatic N) is 2. The molecule has 1 atom stereocenters. The van der Waals surface area contributed by atoms with E-state index in [4.69, 9.17) is 0 Å². The smallest absolute Gasteiger partial charge is 0.387 e. The fraction of sp³-hybridized carbons (Fsp3) is 0.579. The molecule has 0 saturated carbocycles. The first kappa shape index (κ1) is 18.6.